The minimum absolute atomic E-state index is 0.0433. The number of aromatic hydroxyl groups is 1. The van der Waals surface area contributed by atoms with Gasteiger partial charge in [0, 0.05) is 29.0 Å². The molecule has 0 spiro atoms. The zero-order chi connectivity index (χ0) is 20.4. The van der Waals surface area contributed by atoms with Gasteiger partial charge in [-0.25, -0.2) is 0 Å². The van der Waals surface area contributed by atoms with Gasteiger partial charge in [0.1, 0.15) is 11.3 Å². The summed E-state index contributed by atoms with van der Waals surface area (Å²) in [4.78, 5) is 8.55. The Balaban J connectivity index is 1.81. The van der Waals surface area contributed by atoms with Crippen molar-refractivity contribution < 1.29 is 18.3 Å². The zero-order valence-corrected chi connectivity index (χ0v) is 15.1. The second-order valence-electron chi connectivity index (χ2n) is 6.49. The second-order valence-corrected chi connectivity index (χ2v) is 6.49. The van der Waals surface area contributed by atoms with Crippen LogP contribution in [-0.4, -0.2) is 15.1 Å². The number of alkyl halides is 3. The van der Waals surface area contributed by atoms with Crippen molar-refractivity contribution in [3.8, 4) is 5.75 Å². The number of pyridine rings is 2. The largest absolute Gasteiger partial charge is 0.505 e. The SMILES string of the molecule is Oc1c([C@@H](Nc2cccc(C(F)(F)F)c2)c2ccccn2)ccc2cccnc12. The summed E-state index contributed by atoms with van der Waals surface area (Å²) in [5.41, 5.74) is 0.933. The third-order valence-corrected chi connectivity index (χ3v) is 4.57. The van der Waals surface area contributed by atoms with Crippen LogP contribution in [0, 0.1) is 0 Å². The van der Waals surface area contributed by atoms with Gasteiger partial charge in [-0.15, -0.1) is 0 Å². The van der Waals surface area contributed by atoms with Gasteiger partial charge in [0.05, 0.1) is 17.3 Å². The van der Waals surface area contributed by atoms with E-state index in [1.54, 1.807) is 54.9 Å². The van der Waals surface area contributed by atoms with Crippen LogP contribution in [-0.2, 0) is 6.18 Å². The number of anilines is 1. The van der Waals surface area contributed by atoms with Crippen LogP contribution in [0.25, 0.3) is 10.9 Å². The van der Waals surface area contributed by atoms with Crippen LogP contribution in [0.15, 0.2) is 79.1 Å². The number of hydrogen-bond acceptors (Lipinski definition) is 4. The van der Waals surface area contributed by atoms with Crippen molar-refractivity contribution in [1.82, 2.24) is 9.97 Å². The average Bonchev–Trinajstić information content (AvgIpc) is 2.73. The molecule has 0 unspecified atom stereocenters. The molecule has 0 bridgehead atoms. The van der Waals surface area contributed by atoms with Crippen molar-refractivity contribution in [2.24, 2.45) is 0 Å². The molecule has 4 nitrogen and oxygen atoms in total. The van der Waals surface area contributed by atoms with E-state index in [9.17, 15) is 18.3 Å². The van der Waals surface area contributed by atoms with E-state index in [-0.39, 0.29) is 11.4 Å². The maximum absolute atomic E-state index is 13.1. The topological polar surface area (TPSA) is 58.0 Å². The number of phenolic OH excluding ortho intramolecular Hbond substituents is 1. The van der Waals surface area contributed by atoms with Crippen molar-refractivity contribution in [1.29, 1.82) is 0 Å². The molecule has 0 aliphatic heterocycles. The maximum Gasteiger partial charge on any atom is 0.416 e. The van der Waals surface area contributed by atoms with Gasteiger partial charge < -0.3 is 10.4 Å². The standard InChI is InChI=1S/C22H16F3N3O/c23-22(24,25)15-6-3-7-16(13-15)28-20(18-8-1-2-11-26-18)17-10-9-14-5-4-12-27-19(14)21(17)29/h1-13,20,28-29H/t20-/m1/s1. The van der Waals surface area contributed by atoms with Gasteiger partial charge in [0.15, 0.2) is 0 Å². The van der Waals surface area contributed by atoms with Gasteiger partial charge in [0.2, 0.25) is 0 Å². The van der Waals surface area contributed by atoms with Gasteiger partial charge in [-0.2, -0.15) is 13.2 Å². The lowest BCUT2D eigenvalue weighted by Crippen LogP contribution is -2.15. The summed E-state index contributed by atoms with van der Waals surface area (Å²) in [6.45, 7) is 0. The number of halogens is 3. The van der Waals surface area contributed by atoms with Crippen LogP contribution in [0.1, 0.15) is 22.9 Å². The van der Waals surface area contributed by atoms with E-state index in [2.05, 4.69) is 15.3 Å². The summed E-state index contributed by atoms with van der Waals surface area (Å²) in [7, 11) is 0. The first-order valence-corrected chi connectivity index (χ1v) is 8.85. The Hall–Kier alpha value is -3.61. The van der Waals surface area contributed by atoms with Crippen molar-refractivity contribution >= 4 is 16.6 Å². The molecule has 0 saturated heterocycles. The molecule has 2 aromatic carbocycles. The molecule has 29 heavy (non-hydrogen) atoms. The minimum atomic E-state index is -4.45. The highest BCUT2D eigenvalue weighted by molar-refractivity contribution is 5.86. The normalized spacial score (nSPS) is 12.7. The first-order valence-electron chi connectivity index (χ1n) is 8.85. The van der Waals surface area contributed by atoms with Crippen LogP contribution in [0.3, 0.4) is 0 Å². The summed E-state index contributed by atoms with van der Waals surface area (Å²) in [5.74, 6) is -0.0433. The third kappa shape index (κ3) is 3.85. The highest BCUT2D eigenvalue weighted by atomic mass is 19.4. The monoisotopic (exact) mass is 395 g/mol. The number of benzene rings is 2. The third-order valence-electron chi connectivity index (χ3n) is 4.57. The quantitative estimate of drug-likeness (QED) is 0.475. The highest BCUT2D eigenvalue weighted by Crippen LogP contribution is 2.37. The molecular weight excluding hydrogens is 379 g/mol. The lowest BCUT2D eigenvalue weighted by molar-refractivity contribution is -0.137. The average molecular weight is 395 g/mol. The molecular formula is C22H16F3N3O. The van der Waals surface area contributed by atoms with E-state index < -0.39 is 17.8 Å². The molecule has 0 fully saturated rings. The Labute approximate surface area is 164 Å². The Morgan fingerprint density at radius 2 is 1.69 bits per heavy atom. The fourth-order valence-electron chi connectivity index (χ4n) is 3.19. The zero-order valence-electron chi connectivity index (χ0n) is 15.1. The molecule has 2 aromatic heterocycles. The van der Waals surface area contributed by atoms with Crippen molar-refractivity contribution in [3.05, 3.63) is 95.9 Å². The smallest absolute Gasteiger partial charge is 0.416 e. The van der Waals surface area contributed by atoms with Gasteiger partial charge in [-0.05, 0) is 36.4 Å². The Morgan fingerprint density at radius 1 is 0.862 bits per heavy atom. The Bertz CT molecular complexity index is 1150. The van der Waals surface area contributed by atoms with Crippen LogP contribution in [0.2, 0.25) is 0 Å². The lowest BCUT2D eigenvalue weighted by Gasteiger charge is -2.22. The molecule has 1 atom stereocenters. The van der Waals surface area contributed by atoms with E-state index in [1.165, 1.54) is 6.07 Å². The first-order chi connectivity index (χ1) is 13.9. The molecule has 2 N–H and O–H groups in total. The van der Waals surface area contributed by atoms with Crippen molar-refractivity contribution in [2.45, 2.75) is 12.2 Å². The number of hydrogen-bond donors (Lipinski definition) is 2. The molecule has 0 amide bonds. The Morgan fingerprint density at radius 3 is 2.45 bits per heavy atom. The molecule has 0 radical (unpaired) electrons. The van der Waals surface area contributed by atoms with Crippen LogP contribution >= 0.6 is 0 Å². The number of phenols is 1. The second kappa shape index (κ2) is 7.43. The summed E-state index contributed by atoms with van der Waals surface area (Å²) < 4.78 is 39.3. The van der Waals surface area contributed by atoms with Gasteiger partial charge >= 0.3 is 6.18 Å². The highest BCUT2D eigenvalue weighted by Gasteiger charge is 2.31. The van der Waals surface area contributed by atoms with E-state index >= 15 is 0 Å². The minimum Gasteiger partial charge on any atom is -0.505 e. The van der Waals surface area contributed by atoms with E-state index in [0.717, 1.165) is 17.5 Å². The molecule has 0 aliphatic rings. The summed E-state index contributed by atoms with van der Waals surface area (Å²) in [6, 6.07) is 16.6. The molecule has 0 aliphatic carbocycles. The van der Waals surface area contributed by atoms with E-state index in [1.807, 2.05) is 6.07 Å². The Kier molecular flexibility index (Phi) is 4.80. The predicted octanol–water partition coefficient (Wildman–Crippen LogP) is 5.56. The molecule has 2 heterocycles. The number of aromatic nitrogens is 2. The number of nitrogens with one attached hydrogen (secondary N) is 1. The maximum atomic E-state index is 13.1. The van der Waals surface area contributed by atoms with Gasteiger partial charge in [-0.1, -0.05) is 30.3 Å². The summed E-state index contributed by atoms with van der Waals surface area (Å²) in [6.07, 6.45) is -1.29. The summed E-state index contributed by atoms with van der Waals surface area (Å²) >= 11 is 0. The fourth-order valence-corrected chi connectivity index (χ4v) is 3.19. The van der Waals surface area contributed by atoms with Gasteiger partial charge in [0.25, 0.3) is 0 Å². The molecule has 0 saturated carbocycles. The molecule has 146 valence electrons. The van der Waals surface area contributed by atoms with Crippen LogP contribution in [0.5, 0.6) is 5.75 Å². The van der Waals surface area contributed by atoms with Crippen molar-refractivity contribution in [2.75, 3.05) is 5.32 Å². The number of rotatable bonds is 4. The predicted molar refractivity (Wildman–Crippen MR) is 105 cm³/mol. The van der Waals surface area contributed by atoms with Crippen LogP contribution < -0.4 is 5.32 Å². The fraction of sp³-hybridized carbons (Fsp3) is 0.0909. The van der Waals surface area contributed by atoms with Gasteiger partial charge in [-0.3, -0.25) is 9.97 Å². The summed E-state index contributed by atoms with van der Waals surface area (Å²) in [5, 5.41) is 14.7. The molecule has 7 heteroatoms. The van der Waals surface area contributed by atoms with Crippen LogP contribution in [0.4, 0.5) is 18.9 Å². The lowest BCUT2D eigenvalue weighted by atomic mass is 9.99. The molecule has 4 rings (SSSR count). The number of fused-ring (bicyclic) bond motifs is 1. The van der Waals surface area contributed by atoms with E-state index in [4.69, 9.17) is 0 Å². The molecule has 4 aromatic rings. The van der Waals surface area contributed by atoms with Crippen molar-refractivity contribution in [3.63, 3.8) is 0 Å². The van der Waals surface area contributed by atoms with E-state index in [0.29, 0.717) is 16.8 Å². The first kappa shape index (κ1) is 18.7. The number of nitrogens with zero attached hydrogens (tertiary/aromatic N) is 2.